The van der Waals surface area contributed by atoms with Gasteiger partial charge in [0.05, 0.1) is 24.8 Å². The van der Waals surface area contributed by atoms with Crippen molar-refractivity contribution in [2.75, 3.05) is 25.1 Å². The number of carboxylic acid groups (broad SMARTS) is 1. The van der Waals surface area contributed by atoms with E-state index in [0.717, 1.165) is 10.4 Å². The van der Waals surface area contributed by atoms with Crippen molar-refractivity contribution in [1.82, 2.24) is 0 Å². The molecule has 0 saturated heterocycles. The van der Waals surface area contributed by atoms with E-state index in [1.54, 1.807) is 6.07 Å². The van der Waals surface area contributed by atoms with Gasteiger partial charge in [0.2, 0.25) is 0 Å². The number of halogens is 1. The lowest BCUT2D eigenvalue weighted by atomic mass is 10.0. The number of anilines is 1. The SMILES string of the molecule is COc1cc(S(=O)(=O)N2CCCc3ccc(F)cc32)cc(C(=O)O)c1OC. The van der Waals surface area contributed by atoms with E-state index in [1.165, 1.54) is 32.4 Å². The normalized spacial score (nSPS) is 13.8. The number of sulfonamides is 1. The molecule has 2 aromatic carbocycles. The van der Waals surface area contributed by atoms with E-state index in [1.807, 2.05) is 0 Å². The first-order valence-corrected chi connectivity index (χ1v) is 9.54. The molecule has 0 aliphatic carbocycles. The van der Waals surface area contributed by atoms with Crippen molar-refractivity contribution in [3.8, 4) is 11.5 Å². The third-order valence-electron chi connectivity index (χ3n) is 4.39. The van der Waals surface area contributed by atoms with Gasteiger partial charge in [0.25, 0.3) is 10.0 Å². The number of carbonyl (C=O) groups is 1. The Kier molecular flexibility index (Phi) is 4.97. The van der Waals surface area contributed by atoms with Crippen LogP contribution in [0.15, 0.2) is 35.2 Å². The number of aryl methyl sites for hydroxylation is 1. The van der Waals surface area contributed by atoms with Crippen molar-refractivity contribution >= 4 is 21.7 Å². The maximum atomic E-state index is 13.7. The van der Waals surface area contributed by atoms with Gasteiger partial charge < -0.3 is 14.6 Å². The van der Waals surface area contributed by atoms with E-state index in [-0.39, 0.29) is 34.2 Å². The molecule has 3 rings (SSSR count). The lowest BCUT2D eigenvalue weighted by Gasteiger charge is -2.30. The smallest absolute Gasteiger partial charge is 0.339 e. The Hall–Kier alpha value is -2.81. The molecule has 0 radical (unpaired) electrons. The molecule has 0 bridgehead atoms. The van der Waals surface area contributed by atoms with Gasteiger partial charge in [-0.2, -0.15) is 0 Å². The number of ether oxygens (including phenoxy) is 2. The number of methoxy groups -OCH3 is 2. The second-order valence-corrected chi connectivity index (χ2v) is 7.83. The quantitative estimate of drug-likeness (QED) is 0.837. The summed E-state index contributed by atoms with van der Waals surface area (Å²) >= 11 is 0. The molecule has 7 nitrogen and oxygen atoms in total. The van der Waals surface area contributed by atoms with Crippen molar-refractivity contribution in [1.29, 1.82) is 0 Å². The summed E-state index contributed by atoms with van der Waals surface area (Å²) in [5.74, 6) is -2.00. The Morgan fingerprint density at radius 2 is 1.93 bits per heavy atom. The number of nitrogens with zero attached hydrogens (tertiary/aromatic N) is 1. The monoisotopic (exact) mass is 395 g/mol. The molecule has 2 aromatic rings. The highest BCUT2D eigenvalue weighted by molar-refractivity contribution is 7.92. The summed E-state index contributed by atoms with van der Waals surface area (Å²) in [5.41, 5.74) is 0.630. The first-order chi connectivity index (χ1) is 12.8. The number of hydrogen-bond donors (Lipinski definition) is 1. The molecular formula is C18H18FNO6S. The lowest BCUT2D eigenvalue weighted by Crippen LogP contribution is -2.35. The standard InChI is InChI=1S/C18H18FNO6S/c1-25-16-10-13(9-14(18(21)22)17(16)26-2)27(23,24)20-7-3-4-11-5-6-12(19)8-15(11)20/h5-6,8-10H,3-4,7H2,1-2H3,(H,21,22). The number of carboxylic acids is 1. The van der Waals surface area contributed by atoms with Crippen LogP contribution in [0.1, 0.15) is 22.3 Å². The van der Waals surface area contributed by atoms with Gasteiger partial charge in [0.1, 0.15) is 11.4 Å². The summed E-state index contributed by atoms with van der Waals surface area (Å²) in [7, 11) is -1.59. The maximum Gasteiger partial charge on any atom is 0.339 e. The average molecular weight is 395 g/mol. The Morgan fingerprint density at radius 1 is 1.19 bits per heavy atom. The minimum Gasteiger partial charge on any atom is -0.493 e. The van der Waals surface area contributed by atoms with Crippen LogP contribution in [0.5, 0.6) is 11.5 Å². The van der Waals surface area contributed by atoms with Gasteiger partial charge >= 0.3 is 5.97 Å². The van der Waals surface area contributed by atoms with Crippen molar-refractivity contribution in [2.24, 2.45) is 0 Å². The van der Waals surface area contributed by atoms with E-state index in [9.17, 15) is 22.7 Å². The Morgan fingerprint density at radius 3 is 2.56 bits per heavy atom. The Balaban J connectivity index is 2.18. The van der Waals surface area contributed by atoms with E-state index in [4.69, 9.17) is 9.47 Å². The van der Waals surface area contributed by atoms with E-state index in [0.29, 0.717) is 18.4 Å². The summed E-state index contributed by atoms with van der Waals surface area (Å²) < 4.78 is 51.4. The van der Waals surface area contributed by atoms with Crippen LogP contribution in [0.25, 0.3) is 0 Å². The van der Waals surface area contributed by atoms with E-state index >= 15 is 0 Å². The van der Waals surface area contributed by atoms with Gasteiger partial charge in [-0.05, 0) is 36.6 Å². The summed E-state index contributed by atoms with van der Waals surface area (Å²) in [5, 5.41) is 9.42. The topological polar surface area (TPSA) is 93.1 Å². The van der Waals surface area contributed by atoms with Crippen LogP contribution in [0, 0.1) is 5.82 Å². The summed E-state index contributed by atoms with van der Waals surface area (Å²) in [6.07, 6.45) is 1.20. The van der Waals surface area contributed by atoms with Gasteiger partial charge in [-0.3, -0.25) is 4.31 Å². The highest BCUT2D eigenvalue weighted by atomic mass is 32.2. The maximum absolute atomic E-state index is 13.7. The third kappa shape index (κ3) is 3.30. The second-order valence-electron chi connectivity index (χ2n) is 5.97. The summed E-state index contributed by atoms with van der Waals surface area (Å²) in [6, 6.07) is 6.24. The predicted octanol–water partition coefficient (Wildman–Crippen LogP) is 2.68. The molecule has 9 heteroatoms. The lowest BCUT2D eigenvalue weighted by molar-refractivity contribution is 0.0692. The van der Waals surface area contributed by atoms with Gasteiger partial charge in [-0.25, -0.2) is 17.6 Å². The highest BCUT2D eigenvalue weighted by Gasteiger charge is 2.32. The van der Waals surface area contributed by atoms with Crippen LogP contribution in [0.3, 0.4) is 0 Å². The second kappa shape index (κ2) is 7.07. The summed E-state index contributed by atoms with van der Waals surface area (Å²) in [6.45, 7) is 0.162. The first-order valence-electron chi connectivity index (χ1n) is 8.10. The predicted molar refractivity (Wildman–Crippen MR) is 95.8 cm³/mol. The van der Waals surface area contributed by atoms with E-state index < -0.39 is 21.8 Å². The van der Waals surface area contributed by atoms with Crippen molar-refractivity contribution in [3.63, 3.8) is 0 Å². The van der Waals surface area contributed by atoms with Crippen LogP contribution in [-0.2, 0) is 16.4 Å². The number of benzene rings is 2. The molecule has 0 atom stereocenters. The molecule has 27 heavy (non-hydrogen) atoms. The fraction of sp³-hybridized carbons (Fsp3) is 0.278. The van der Waals surface area contributed by atoms with Gasteiger partial charge in [0, 0.05) is 12.6 Å². The number of aromatic carboxylic acids is 1. The minimum absolute atomic E-state index is 0.0209. The third-order valence-corrected chi connectivity index (χ3v) is 6.19. The van der Waals surface area contributed by atoms with Crippen LogP contribution < -0.4 is 13.8 Å². The van der Waals surface area contributed by atoms with Gasteiger partial charge in [-0.1, -0.05) is 6.07 Å². The van der Waals surface area contributed by atoms with Crippen LogP contribution in [-0.4, -0.2) is 40.3 Å². The fourth-order valence-corrected chi connectivity index (χ4v) is 4.71. The average Bonchev–Trinajstić information content (AvgIpc) is 2.65. The first kappa shape index (κ1) is 19.0. The van der Waals surface area contributed by atoms with Crippen LogP contribution in [0.2, 0.25) is 0 Å². The van der Waals surface area contributed by atoms with Crippen molar-refractivity contribution in [3.05, 3.63) is 47.3 Å². The number of hydrogen-bond acceptors (Lipinski definition) is 5. The number of rotatable bonds is 5. The van der Waals surface area contributed by atoms with Gasteiger partial charge in [-0.15, -0.1) is 0 Å². The number of fused-ring (bicyclic) bond motifs is 1. The molecule has 0 unspecified atom stereocenters. The molecule has 1 N–H and O–H groups in total. The van der Waals surface area contributed by atoms with Crippen LogP contribution in [0.4, 0.5) is 10.1 Å². The molecule has 0 amide bonds. The molecule has 0 aromatic heterocycles. The zero-order valence-electron chi connectivity index (χ0n) is 14.7. The van der Waals surface area contributed by atoms with E-state index in [2.05, 4.69) is 0 Å². The van der Waals surface area contributed by atoms with Crippen molar-refractivity contribution < 1.29 is 32.2 Å². The fourth-order valence-electron chi connectivity index (χ4n) is 3.14. The van der Waals surface area contributed by atoms with Crippen LogP contribution >= 0.6 is 0 Å². The molecule has 1 aliphatic heterocycles. The minimum atomic E-state index is -4.14. The summed E-state index contributed by atoms with van der Waals surface area (Å²) in [4.78, 5) is 11.3. The molecule has 0 spiro atoms. The molecule has 0 fully saturated rings. The largest absolute Gasteiger partial charge is 0.493 e. The molecular weight excluding hydrogens is 377 g/mol. The highest BCUT2D eigenvalue weighted by Crippen LogP contribution is 2.38. The molecule has 1 aliphatic rings. The zero-order chi connectivity index (χ0) is 19.8. The van der Waals surface area contributed by atoms with Gasteiger partial charge in [0.15, 0.2) is 11.5 Å². The molecule has 0 saturated carbocycles. The zero-order valence-corrected chi connectivity index (χ0v) is 15.5. The Bertz CT molecular complexity index is 1010. The molecule has 144 valence electrons. The Labute approximate surface area is 156 Å². The molecule has 1 heterocycles. The van der Waals surface area contributed by atoms with Crippen molar-refractivity contribution in [2.45, 2.75) is 17.7 Å².